The number of benzene rings is 1. The number of hydrogen-bond acceptors (Lipinski definition) is 9. The predicted molar refractivity (Wildman–Crippen MR) is 120 cm³/mol. The normalized spacial score (nSPS) is 20.7. The number of piperazine rings is 1. The lowest BCUT2D eigenvalue weighted by Gasteiger charge is -2.46. The van der Waals surface area contributed by atoms with Crippen molar-refractivity contribution in [3.8, 4) is 11.5 Å². The average molecular weight is 514 g/mol. The first-order valence-electron chi connectivity index (χ1n) is 10.8. The van der Waals surface area contributed by atoms with Crippen LogP contribution in [0.4, 0.5) is 4.79 Å². The van der Waals surface area contributed by atoms with E-state index in [0.29, 0.717) is 0 Å². The Kier molecular flexibility index (Phi) is 7.43. The minimum atomic E-state index is -3.42. The maximum atomic E-state index is 12.6. The lowest BCUT2D eigenvalue weighted by molar-refractivity contribution is -0.163. The number of aliphatic carboxylic acids is 1. The molecule has 1 aromatic carbocycles. The number of hydrogen-bond donors (Lipinski definition) is 4. The van der Waals surface area contributed by atoms with Gasteiger partial charge in [0.1, 0.15) is 11.4 Å². The fourth-order valence-corrected chi connectivity index (χ4v) is 4.74. The number of carboxylic acids is 1. The van der Waals surface area contributed by atoms with Crippen molar-refractivity contribution in [2.75, 3.05) is 32.8 Å². The van der Waals surface area contributed by atoms with Crippen molar-refractivity contribution in [1.29, 1.82) is 0 Å². The topological polar surface area (TPSA) is 182 Å². The van der Waals surface area contributed by atoms with Crippen LogP contribution in [0.1, 0.15) is 30.6 Å². The van der Waals surface area contributed by atoms with E-state index in [-0.39, 0.29) is 43.9 Å². The number of rotatable bonds is 7. The molecule has 0 spiro atoms. The van der Waals surface area contributed by atoms with Gasteiger partial charge in [0.25, 0.3) is 5.91 Å². The number of β-lactam (4-membered cyclic amide) rings is 1. The van der Waals surface area contributed by atoms with E-state index in [2.05, 4.69) is 0 Å². The summed E-state index contributed by atoms with van der Waals surface area (Å²) < 4.78 is 27.2. The van der Waals surface area contributed by atoms with Crippen molar-refractivity contribution < 1.29 is 47.7 Å². The van der Waals surface area contributed by atoms with Crippen LogP contribution in [0.3, 0.4) is 0 Å². The number of aromatic hydroxyl groups is 2. The number of phenolic OH excluding ortho intramolecular Hbond substituents is 2. The van der Waals surface area contributed by atoms with Crippen molar-refractivity contribution >= 4 is 34.6 Å². The number of carbonyl (C=O) groups is 4. The second kappa shape index (κ2) is 9.98. The van der Waals surface area contributed by atoms with Gasteiger partial charge in [-0.3, -0.25) is 9.59 Å². The molecule has 3 rings (SSSR count). The zero-order valence-electron chi connectivity index (χ0n) is 19.1. The van der Waals surface area contributed by atoms with Gasteiger partial charge >= 0.3 is 12.1 Å². The van der Waals surface area contributed by atoms with Crippen LogP contribution in [-0.2, 0) is 25.0 Å². The van der Waals surface area contributed by atoms with Gasteiger partial charge in [-0.25, -0.2) is 18.0 Å². The minimum Gasteiger partial charge on any atom is -0.504 e. The molecule has 1 aromatic rings. The smallest absolute Gasteiger partial charge is 0.409 e. The first-order chi connectivity index (χ1) is 16.4. The second-order valence-corrected chi connectivity index (χ2v) is 10.3. The Balaban J connectivity index is 1.62. The molecule has 192 valence electrons. The quantitative estimate of drug-likeness (QED) is 0.209. The molecule has 0 radical (unpaired) electrons. The van der Waals surface area contributed by atoms with Crippen LogP contribution < -0.4 is 0 Å². The van der Waals surface area contributed by atoms with Crippen LogP contribution >= 0.6 is 0 Å². The van der Waals surface area contributed by atoms with Crippen molar-refractivity contribution in [3.63, 3.8) is 0 Å². The van der Waals surface area contributed by atoms with E-state index in [0.717, 1.165) is 17.9 Å². The average Bonchev–Trinajstić information content (AvgIpc) is 2.81. The van der Waals surface area contributed by atoms with E-state index in [1.165, 1.54) is 21.9 Å². The zero-order chi connectivity index (χ0) is 26.1. The summed E-state index contributed by atoms with van der Waals surface area (Å²) in [6.45, 7) is 2.33. The third-order valence-electron chi connectivity index (χ3n) is 6.29. The van der Waals surface area contributed by atoms with Crippen LogP contribution in [0.15, 0.2) is 18.2 Å². The Bertz CT molecular complexity index is 1110. The van der Waals surface area contributed by atoms with Gasteiger partial charge in [-0.1, -0.05) is 0 Å². The van der Waals surface area contributed by atoms with Gasteiger partial charge in [-0.15, -0.1) is 0 Å². The SMILES string of the molecule is C[C@@H]1CC(=O)N1[C@@H](C(=O)O)[C@](C)(COC(=O)N1CCN(C(=O)c2ccc(O)c(O)c2)CC1)[SH](=O)=O. The number of phenols is 2. The van der Waals surface area contributed by atoms with Crippen molar-refractivity contribution in [2.24, 2.45) is 0 Å². The maximum absolute atomic E-state index is 12.6. The lowest BCUT2D eigenvalue weighted by Crippen LogP contribution is -2.67. The van der Waals surface area contributed by atoms with Crippen LogP contribution in [0, 0.1) is 0 Å². The van der Waals surface area contributed by atoms with Gasteiger partial charge in [-0.05, 0) is 32.0 Å². The molecule has 2 aliphatic rings. The number of nitrogens with zero attached hydrogens (tertiary/aromatic N) is 3. The van der Waals surface area contributed by atoms with Crippen LogP contribution in [0.2, 0.25) is 0 Å². The molecule has 35 heavy (non-hydrogen) atoms. The highest BCUT2D eigenvalue weighted by molar-refractivity contribution is 7.74. The molecular formula is C21H27N3O10S. The Hall–Kier alpha value is -3.55. The Labute approximate surface area is 202 Å². The molecule has 2 aliphatic heterocycles. The summed E-state index contributed by atoms with van der Waals surface area (Å²) in [7, 11) is -3.42. The number of thiol groups is 1. The molecule has 14 heteroatoms. The molecule has 3 amide bonds. The third-order valence-corrected chi connectivity index (χ3v) is 7.49. The Morgan fingerprint density at radius 1 is 1.11 bits per heavy atom. The molecule has 3 atom stereocenters. The summed E-state index contributed by atoms with van der Waals surface area (Å²) in [5, 5.41) is 28.7. The number of likely N-dealkylation sites (tertiary alicyclic amines) is 1. The zero-order valence-corrected chi connectivity index (χ0v) is 20.0. The van der Waals surface area contributed by atoms with Crippen molar-refractivity contribution in [1.82, 2.24) is 14.7 Å². The fourth-order valence-electron chi connectivity index (χ4n) is 4.13. The summed E-state index contributed by atoms with van der Waals surface area (Å²) >= 11 is 0. The summed E-state index contributed by atoms with van der Waals surface area (Å²) in [6, 6.07) is 1.49. The highest BCUT2D eigenvalue weighted by atomic mass is 32.2. The maximum Gasteiger partial charge on any atom is 0.409 e. The summed E-state index contributed by atoms with van der Waals surface area (Å²) in [5.41, 5.74) is 0.154. The molecule has 0 aromatic heterocycles. The van der Waals surface area contributed by atoms with Gasteiger partial charge in [0.05, 0.1) is 0 Å². The van der Waals surface area contributed by atoms with Gasteiger partial charge < -0.3 is 34.8 Å². The number of amides is 3. The van der Waals surface area contributed by atoms with Gasteiger partial charge in [0.15, 0.2) is 28.2 Å². The van der Waals surface area contributed by atoms with E-state index < -0.39 is 63.8 Å². The highest BCUT2D eigenvalue weighted by Gasteiger charge is 2.53. The molecule has 3 N–H and O–H groups in total. The molecule has 13 nitrogen and oxygen atoms in total. The van der Waals surface area contributed by atoms with Crippen LogP contribution in [0.5, 0.6) is 11.5 Å². The number of ether oxygens (including phenoxy) is 1. The van der Waals surface area contributed by atoms with Gasteiger partial charge in [-0.2, -0.15) is 0 Å². The van der Waals surface area contributed by atoms with Gasteiger partial charge in [0, 0.05) is 44.2 Å². The van der Waals surface area contributed by atoms with Crippen LogP contribution in [0.25, 0.3) is 0 Å². The van der Waals surface area contributed by atoms with Crippen molar-refractivity contribution in [3.05, 3.63) is 23.8 Å². The molecule has 0 bridgehead atoms. The summed E-state index contributed by atoms with van der Waals surface area (Å²) in [5.74, 6) is -3.23. The third kappa shape index (κ3) is 5.11. The number of carbonyl (C=O) groups excluding carboxylic acids is 3. The Morgan fingerprint density at radius 3 is 2.20 bits per heavy atom. The largest absolute Gasteiger partial charge is 0.504 e. The standard InChI is InChI=1S/C21H27N3O10S/c1-12-9-16(27)24(12)17(19(29)30)21(2,35(32)33)11-34-20(31)23-7-5-22(6-8-23)18(28)13-3-4-14(25)15(26)10-13/h3-4,10,12,17,25-26,35H,5-9,11H2,1-2H3,(H,29,30)/t12-,17+,21+/m1/s1. The number of carboxylic acid groups (broad SMARTS) is 1. The molecule has 2 fully saturated rings. The highest BCUT2D eigenvalue weighted by Crippen LogP contribution is 2.31. The first-order valence-corrected chi connectivity index (χ1v) is 12.0. The van der Waals surface area contributed by atoms with E-state index in [1.807, 2.05) is 0 Å². The summed E-state index contributed by atoms with van der Waals surface area (Å²) in [4.78, 5) is 52.7. The molecule has 2 saturated heterocycles. The van der Waals surface area contributed by atoms with E-state index in [1.54, 1.807) is 6.92 Å². The molecule has 0 saturated carbocycles. The molecular weight excluding hydrogens is 486 g/mol. The first kappa shape index (κ1) is 26.1. The van der Waals surface area contributed by atoms with Crippen LogP contribution in [-0.4, -0.2) is 112 Å². The monoisotopic (exact) mass is 513 g/mol. The summed E-state index contributed by atoms with van der Waals surface area (Å²) in [6.07, 6.45) is -0.781. The van der Waals surface area contributed by atoms with E-state index >= 15 is 0 Å². The lowest BCUT2D eigenvalue weighted by atomic mass is 9.92. The molecule has 0 unspecified atom stereocenters. The van der Waals surface area contributed by atoms with E-state index in [9.17, 15) is 42.9 Å². The molecule has 0 aliphatic carbocycles. The predicted octanol–water partition coefficient (Wildman–Crippen LogP) is -0.564. The van der Waals surface area contributed by atoms with Gasteiger partial charge in [0.2, 0.25) is 5.91 Å². The Morgan fingerprint density at radius 2 is 1.71 bits per heavy atom. The minimum absolute atomic E-state index is 0.0683. The van der Waals surface area contributed by atoms with Crippen molar-refractivity contribution in [2.45, 2.75) is 37.1 Å². The molecule has 2 heterocycles. The van der Waals surface area contributed by atoms with E-state index in [4.69, 9.17) is 4.74 Å². The second-order valence-electron chi connectivity index (χ2n) is 8.75. The fraction of sp³-hybridized carbons (Fsp3) is 0.524.